The van der Waals surface area contributed by atoms with E-state index < -0.39 is 4.92 Å². The van der Waals surface area contributed by atoms with Gasteiger partial charge < -0.3 is 0 Å². The highest BCUT2D eigenvalue weighted by atomic mass is 35.5. The molecule has 9 heteroatoms. The molecule has 0 radical (unpaired) electrons. The summed E-state index contributed by atoms with van der Waals surface area (Å²) in [5, 5.41) is 24.9. The van der Waals surface area contributed by atoms with Gasteiger partial charge in [0.15, 0.2) is 5.82 Å². The number of hydrogen-bond acceptors (Lipinski definition) is 6. The average molecular weight is 388 g/mol. The zero-order valence-corrected chi connectivity index (χ0v) is 15.3. The van der Waals surface area contributed by atoms with Gasteiger partial charge in [-0.2, -0.15) is 9.78 Å². The Bertz CT molecular complexity index is 939. The largest absolute Gasteiger partial charge is 0.269 e. The van der Waals surface area contributed by atoms with Crippen LogP contribution >= 0.6 is 23.4 Å². The van der Waals surface area contributed by atoms with E-state index in [1.807, 2.05) is 19.1 Å². The van der Waals surface area contributed by atoms with Crippen molar-refractivity contribution in [2.75, 3.05) is 5.75 Å². The molecule has 2 aromatic carbocycles. The molecule has 26 heavy (non-hydrogen) atoms. The zero-order valence-electron chi connectivity index (χ0n) is 13.7. The number of rotatable bonds is 6. The van der Waals surface area contributed by atoms with Gasteiger partial charge >= 0.3 is 0 Å². The topological polar surface area (TPSA) is 86.2 Å². The molecule has 0 unspecified atom stereocenters. The Labute approximate surface area is 158 Å². The molecule has 0 saturated heterocycles. The molecule has 3 aromatic rings. The summed E-state index contributed by atoms with van der Waals surface area (Å²) < 4.78 is 1.65. The normalized spacial score (nSPS) is 11.2. The lowest BCUT2D eigenvalue weighted by Crippen LogP contribution is -1.97. The van der Waals surface area contributed by atoms with Crippen LogP contribution in [0.5, 0.6) is 0 Å². The predicted molar refractivity (Wildman–Crippen MR) is 103 cm³/mol. The van der Waals surface area contributed by atoms with Gasteiger partial charge in [-0.3, -0.25) is 10.1 Å². The van der Waals surface area contributed by atoms with Gasteiger partial charge in [-0.15, -0.1) is 10.2 Å². The molecule has 1 heterocycles. The fraction of sp³-hybridized carbons (Fsp3) is 0.118. The van der Waals surface area contributed by atoms with Crippen molar-refractivity contribution >= 4 is 35.3 Å². The van der Waals surface area contributed by atoms with E-state index in [0.717, 1.165) is 16.9 Å². The van der Waals surface area contributed by atoms with E-state index in [0.29, 0.717) is 16.0 Å². The lowest BCUT2D eigenvalue weighted by atomic mass is 10.2. The molecular weight excluding hydrogens is 374 g/mol. The lowest BCUT2D eigenvalue weighted by Gasteiger charge is -2.04. The molecule has 0 saturated carbocycles. The zero-order chi connectivity index (χ0) is 18.5. The molecule has 0 aliphatic carbocycles. The standard InChI is InChI=1S/C17H14ClN5O2S/c1-2-26-17-21-20-16(13-5-7-14(18)8-6-13)22(17)19-11-12-3-9-15(10-4-12)23(24)25/h3-11H,2H2,1H3. The lowest BCUT2D eigenvalue weighted by molar-refractivity contribution is -0.384. The molecule has 0 aliphatic rings. The molecule has 1 aromatic heterocycles. The van der Waals surface area contributed by atoms with Gasteiger partial charge in [0.25, 0.3) is 5.69 Å². The fourth-order valence-electron chi connectivity index (χ4n) is 2.17. The summed E-state index contributed by atoms with van der Waals surface area (Å²) in [5.74, 6) is 1.42. The summed E-state index contributed by atoms with van der Waals surface area (Å²) >= 11 is 7.47. The smallest absolute Gasteiger partial charge is 0.258 e. The minimum Gasteiger partial charge on any atom is -0.258 e. The summed E-state index contributed by atoms with van der Waals surface area (Å²) in [4.78, 5) is 10.3. The van der Waals surface area contributed by atoms with Crippen LogP contribution in [0.1, 0.15) is 12.5 Å². The third-order valence-corrected chi connectivity index (χ3v) is 4.47. The van der Waals surface area contributed by atoms with Crippen molar-refractivity contribution in [1.29, 1.82) is 0 Å². The first-order valence-corrected chi connectivity index (χ1v) is 9.08. The third kappa shape index (κ3) is 4.09. The second-order valence-corrected chi connectivity index (χ2v) is 6.82. The number of hydrogen-bond donors (Lipinski definition) is 0. The number of nitro benzene ring substituents is 1. The van der Waals surface area contributed by atoms with E-state index in [4.69, 9.17) is 11.6 Å². The van der Waals surface area contributed by atoms with E-state index in [2.05, 4.69) is 15.3 Å². The Morgan fingerprint density at radius 2 is 1.88 bits per heavy atom. The Hall–Kier alpha value is -2.71. The number of nitro groups is 1. The quantitative estimate of drug-likeness (QED) is 0.269. The third-order valence-electron chi connectivity index (χ3n) is 3.41. The fourth-order valence-corrected chi connectivity index (χ4v) is 2.91. The minimum absolute atomic E-state index is 0.0375. The number of nitrogens with zero attached hydrogens (tertiary/aromatic N) is 5. The van der Waals surface area contributed by atoms with E-state index in [1.165, 1.54) is 23.9 Å². The van der Waals surface area contributed by atoms with E-state index >= 15 is 0 Å². The number of thioether (sulfide) groups is 1. The molecule has 0 amide bonds. The van der Waals surface area contributed by atoms with Crippen molar-refractivity contribution in [3.05, 3.63) is 69.2 Å². The molecule has 0 aliphatic heterocycles. The molecule has 7 nitrogen and oxygen atoms in total. The maximum atomic E-state index is 10.7. The predicted octanol–water partition coefficient (Wildman–Crippen LogP) is 4.50. The number of benzene rings is 2. The first-order chi connectivity index (χ1) is 12.6. The van der Waals surface area contributed by atoms with Gasteiger partial charge in [0.05, 0.1) is 11.1 Å². The van der Waals surface area contributed by atoms with Crippen molar-refractivity contribution in [3.8, 4) is 11.4 Å². The van der Waals surface area contributed by atoms with Gasteiger partial charge in [0, 0.05) is 22.7 Å². The van der Waals surface area contributed by atoms with Gasteiger partial charge in [-0.05, 0) is 47.7 Å². The van der Waals surface area contributed by atoms with Crippen LogP contribution in [-0.2, 0) is 0 Å². The summed E-state index contributed by atoms with van der Waals surface area (Å²) in [5.41, 5.74) is 1.61. The van der Waals surface area contributed by atoms with Gasteiger partial charge in [0.2, 0.25) is 5.16 Å². The summed E-state index contributed by atoms with van der Waals surface area (Å²) in [7, 11) is 0. The monoisotopic (exact) mass is 387 g/mol. The van der Waals surface area contributed by atoms with Crippen molar-refractivity contribution in [3.63, 3.8) is 0 Å². The van der Waals surface area contributed by atoms with Crippen LogP contribution in [0, 0.1) is 10.1 Å². The Balaban J connectivity index is 1.95. The second-order valence-electron chi connectivity index (χ2n) is 5.15. The maximum Gasteiger partial charge on any atom is 0.269 e. The Morgan fingerprint density at radius 1 is 1.19 bits per heavy atom. The molecule has 132 valence electrons. The molecule has 0 atom stereocenters. The highest BCUT2D eigenvalue weighted by Gasteiger charge is 2.13. The van der Waals surface area contributed by atoms with Crippen LogP contribution in [0.4, 0.5) is 5.69 Å². The maximum absolute atomic E-state index is 10.7. The second kappa shape index (κ2) is 8.11. The van der Waals surface area contributed by atoms with Gasteiger partial charge in [-0.25, -0.2) is 0 Å². The van der Waals surface area contributed by atoms with Crippen LogP contribution in [0.2, 0.25) is 5.02 Å². The van der Waals surface area contributed by atoms with Gasteiger partial charge in [-0.1, -0.05) is 30.3 Å². The van der Waals surface area contributed by atoms with Crippen LogP contribution in [-0.4, -0.2) is 31.8 Å². The Morgan fingerprint density at radius 3 is 2.50 bits per heavy atom. The molecular formula is C17H14ClN5O2S. The van der Waals surface area contributed by atoms with E-state index in [-0.39, 0.29) is 5.69 Å². The van der Waals surface area contributed by atoms with E-state index in [9.17, 15) is 10.1 Å². The molecule has 0 bridgehead atoms. The summed E-state index contributed by atoms with van der Waals surface area (Å²) in [6, 6.07) is 13.4. The Kier molecular flexibility index (Phi) is 5.65. The van der Waals surface area contributed by atoms with Crippen LogP contribution in [0.25, 0.3) is 11.4 Å². The number of halogens is 1. The average Bonchev–Trinajstić information content (AvgIpc) is 3.04. The highest BCUT2D eigenvalue weighted by Crippen LogP contribution is 2.25. The molecule has 0 N–H and O–H groups in total. The van der Waals surface area contributed by atoms with Crippen molar-refractivity contribution < 1.29 is 4.92 Å². The molecule has 0 fully saturated rings. The first kappa shape index (κ1) is 18.1. The summed E-state index contributed by atoms with van der Waals surface area (Å²) in [6.07, 6.45) is 1.62. The summed E-state index contributed by atoms with van der Waals surface area (Å²) in [6.45, 7) is 2.02. The molecule has 3 rings (SSSR count). The molecule has 0 spiro atoms. The van der Waals surface area contributed by atoms with Gasteiger partial charge in [0.1, 0.15) is 0 Å². The number of non-ortho nitro benzene ring substituents is 1. The number of aromatic nitrogens is 3. The van der Waals surface area contributed by atoms with Crippen LogP contribution in [0.15, 0.2) is 58.8 Å². The van der Waals surface area contributed by atoms with Crippen LogP contribution in [0.3, 0.4) is 0 Å². The minimum atomic E-state index is -0.435. The van der Waals surface area contributed by atoms with Crippen molar-refractivity contribution in [2.24, 2.45) is 5.10 Å². The van der Waals surface area contributed by atoms with Crippen molar-refractivity contribution in [2.45, 2.75) is 12.1 Å². The van der Waals surface area contributed by atoms with Crippen molar-refractivity contribution in [1.82, 2.24) is 14.9 Å². The van der Waals surface area contributed by atoms with E-state index in [1.54, 1.807) is 35.2 Å². The highest BCUT2D eigenvalue weighted by molar-refractivity contribution is 7.99. The SMILES string of the molecule is CCSc1nnc(-c2ccc(Cl)cc2)n1N=Cc1ccc([N+](=O)[O-])cc1. The first-order valence-electron chi connectivity index (χ1n) is 7.71. The van der Waals surface area contributed by atoms with Crippen LogP contribution < -0.4 is 0 Å².